The van der Waals surface area contributed by atoms with Crippen LogP contribution >= 0.6 is 0 Å². The van der Waals surface area contributed by atoms with Crippen molar-refractivity contribution in [2.75, 3.05) is 18.4 Å². The normalized spacial score (nSPS) is 24.4. The van der Waals surface area contributed by atoms with E-state index in [1.807, 2.05) is 0 Å². The summed E-state index contributed by atoms with van der Waals surface area (Å²) in [4.78, 5) is 4.53. The fraction of sp³-hybridized carbons (Fsp3) is 0.769. The Morgan fingerprint density at radius 3 is 3.00 bits per heavy atom. The number of nitrogens with one attached hydrogen (secondary N) is 2. The average molecular weight is 235 g/mol. The van der Waals surface area contributed by atoms with Crippen LogP contribution in [-0.4, -0.2) is 24.1 Å². The van der Waals surface area contributed by atoms with Crippen LogP contribution in [0.3, 0.4) is 0 Å². The monoisotopic (exact) mass is 235 g/mol. The highest BCUT2D eigenvalue weighted by molar-refractivity contribution is 5.27. The van der Waals surface area contributed by atoms with Crippen molar-refractivity contribution in [1.82, 2.24) is 10.3 Å². The molecule has 0 spiro atoms. The number of rotatable bonds is 3. The summed E-state index contributed by atoms with van der Waals surface area (Å²) in [5, 5.41) is 6.85. The third-order valence-corrected chi connectivity index (χ3v) is 3.76. The van der Waals surface area contributed by atoms with E-state index < -0.39 is 0 Å². The molecule has 4 heteroatoms. The smallest absolute Gasteiger partial charge is 0.295 e. The third kappa shape index (κ3) is 2.63. The summed E-state index contributed by atoms with van der Waals surface area (Å²) in [6.07, 6.45) is 8.54. The van der Waals surface area contributed by atoms with Gasteiger partial charge in [0.1, 0.15) is 5.76 Å². The van der Waals surface area contributed by atoms with Crippen LogP contribution in [0.2, 0.25) is 0 Å². The standard InChI is InChI=1S/C13H21N3O/c1-2-7-12-11(6-1)16-13(17-12)15-9-10-5-3-4-8-14-10/h10,14H,1-9H2,(H,15,16). The Kier molecular flexibility index (Phi) is 3.31. The maximum absolute atomic E-state index is 5.75. The van der Waals surface area contributed by atoms with E-state index in [0.717, 1.165) is 37.7 Å². The molecule has 1 aromatic heterocycles. The van der Waals surface area contributed by atoms with Gasteiger partial charge < -0.3 is 15.1 Å². The minimum atomic E-state index is 0.577. The number of aryl methyl sites for hydroxylation is 2. The third-order valence-electron chi connectivity index (χ3n) is 3.76. The summed E-state index contributed by atoms with van der Waals surface area (Å²) < 4.78 is 5.75. The van der Waals surface area contributed by atoms with Crippen molar-refractivity contribution in [2.45, 2.75) is 51.0 Å². The van der Waals surface area contributed by atoms with Crippen LogP contribution in [0.5, 0.6) is 0 Å². The molecular weight excluding hydrogens is 214 g/mol. The van der Waals surface area contributed by atoms with E-state index in [4.69, 9.17) is 4.42 Å². The van der Waals surface area contributed by atoms with E-state index in [1.54, 1.807) is 0 Å². The van der Waals surface area contributed by atoms with Crippen molar-refractivity contribution in [3.8, 4) is 0 Å². The molecule has 0 saturated carbocycles. The van der Waals surface area contributed by atoms with Crippen LogP contribution < -0.4 is 10.6 Å². The van der Waals surface area contributed by atoms with Crippen molar-refractivity contribution in [3.63, 3.8) is 0 Å². The molecule has 1 atom stereocenters. The summed E-state index contributed by atoms with van der Waals surface area (Å²) in [7, 11) is 0. The number of nitrogens with zero attached hydrogens (tertiary/aromatic N) is 1. The first-order valence-corrected chi connectivity index (χ1v) is 6.87. The van der Waals surface area contributed by atoms with Gasteiger partial charge in [-0.3, -0.25) is 0 Å². The average Bonchev–Trinajstić information content (AvgIpc) is 2.80. The number of fused-ring (bicyclic) bond motifs is 1. The van der Waals surface area contributed by atoms with E-state index in [0.29, 0.717) is 6.04 Å². The summed E-state index contributed by atoms with van der Waals surface area (Å²) in [5.74, 6) is 1.11. The highest BCUT2D eigenvalue weighted by atomic mass is 16.4. The molecule has 1 unspecified atom stereocenters. The molecule has 4 nitrogen and oxygen atoms in total. The van der Waals surface area contributed by atoms with Crippen LogP contribution in [0.15, 0.2) is 4.42 Å². The van der Waals surface area contributed by atoms with Crippen molar-refractivity contribution < 1.29 is 4.42 Å². The van der Waals surface area contributed by atoms with Gasteiger partial charge in [-0.15, -0.1) is 0 Å². The van der Waals surface area contributed by atoms with E-state index in [1.165, 1.54) is 37.8 Å². The summed E-state index contributed by atoms with van der Waals surface area (Å²) in [5.41, 5.74) is 1.18. The first-order chi connectivity index (χ1) is 8.42. The topological polar surface area (TPSA) is 50.1 Å². The predicted molar refractivity (Wildman–Crippen MR) is 67.3 cm³/mol. The molecule has 2 heterocycles. The van der Waals surface area contributed by atoms with Gasteiger partial charge in [0.15, 0.2) is 0 Å². The maximum atomic E-state index is 5.75. The summed E-state index contributed by atoms with van der Waals surface area (Å²) in [6, 6.07) is 1.30. The Morgan fingerprint density at radius 1 is 1.24 bits per heavy atom. The SMILES string of the molecule is C1CCC(CNc2nc3c(o2)CCCC3)NC1. The number of hydrogen-bond donors (Lipinski definition) is 2. The lowest BCUT2D eigenvalue weighted by atomic mass is 10.0. The molecule has 2 N–H and O–H groups in total. The molecule has 2 aliphatic rings. The highest BCUT2D eigenvalue weighted by Crippen LogP contribution is 2.23. The van der Waals surface area contributed by atoms with E-state index in [-0.39, 0.29) is 0 Å². The molecule has 94 valence electrons. The number of hydrogen-bond acceptors (Lipinski definition) is 4. The van der Waals surface area contributed by atoms with Crippen LogP contribution in [-0.2, 0) is 12.8 Å². The zero-order valence-electron chi connectivity index (χ0n) is 10.3. The van der Waals surface area contributed by atoms with Gasteiger partial charge in [0, 0.05) is 19.0 Å². The molecule has 0 bridgehead atoms. The Labute approximate surface area is 102 Å². The minimum Gasteiger partial charge on any atom is -0.428 e. The number of aromatic nitrogens is 1. The number of anilines is 1. The van der Waals surface area contributed by atoms with Gasteiger partial charge in [-0.1, -0.05) is 6.42 Å². The fourth-order valence-corrected chi connectivity index (χ4v) is 2.74. The first-order valence-electron chi connectivity index (χ1n) is 6.87. The summed E-state index contributed by atoms with van der Waals surface area (Å²) in [6.45, 7) is 2.08. The van der Waals surface area contributed by atoms with Crippen LogP contribution in [0.4, 0.5) is 6.01 Å². The highest BCUT2D eigenvalue weighted by Gasteiger charge is 2.18. The molecule has 0 amide bonds. The Balaban J connectivity index is 1.55. The van der Waals surface area contributed by atoms with E-state index in [2.05, 4.69) is 15.6 Å². The van der Waals surface area contributed by atoms with Crippen molar-refractivity contribution in [3.05, 3.63) is 11.5 Å². The molecular formula is C13H21N3O. The largest absolute Gasteiger partial charge is 0.428 e. The first kappa shape index (κ1) is 11.1. The van der Waals surface area contributed by atoms with Gasteiger partial charge in [-0.25, -0.2) is 0 Å². The van der Waals surface area contributed by atoms with Crippen molar-refractivity contribution in [1.29, 1.82) is 0 Å². The van der Waals surface area contributed by atoms with Gasteiger partial charge in [0.25, 0.3) is 6.01 Å². The molecule has 3 rings (SSSR count). The van der Waals surface area contributed by atoms with E-state index >= 15 is 0 Å². The van der Waals surface area contributed by atoms with Crippen molar-refractivity contribution in [2.24, 2.45) is 0 Å². The second-order valence-electron chi connectivity index (χ2n) is 5.12. The quantitative estimate of drug-likeness (QED) is 0.842. The van der Waals surface area contributed by atoms with E-state index in [9.17, 15) is 0 Å². The lowest BCUT2D eigenvalue weighted by molar-refractivity contribution is 0.409. The Bertz CT molecular complexity index is 345. The van der Waals surface area contributed by atoms with Gasteiger partial charge in [0.2, 0.25) is 0 Å². The zero-order chi connectivity index (χ0) is 11.5. The van der Waals surface area contributed by atoms with Gasteiger partial charge in [0.05, 0.1) is 5.69 Å². The molecule has 1 saturated heterocycles. The van der Waals surface area contributed by atoms with Crippen LogP contribution in [0.1, 0.15) is 43.6 Å². The molecule has 1 aromatic rings. The second kappa shape index (κ2) is 5.08. The molecule has 1 aliphatic carbocycles. The lowest BCUT2D eigenvalue weighted by Gasteiger charge is -2.23. The number of oxazole rings is 1. The zero-order valence-corrected chi connectivity index (χ0v) is 10.3. The predicted octanol–water partition coefficient (Wildman–Crippen LogP) is 2.11. The second-order valence-corrected chi connectivity index (χ2v) is 5.12. The molecule has 1 fully saturated rings. The molecule has 1 aliphatic heterocycles. The van der Waals surface area contributed by atoms with Gasteiger partial charge in [-0.05, 0) is 38.6 Å². The van der Waals surface area contributed by atoms with Gasteiger partial charge in [-0.2, -0.15) is 4.98 Å². The lowest BCUT2D eigenvalue weighted by Crippen LogP contribution is -2.39. The van der Waals surface area contributed by atoms with Crippen molar-refractivity contribution >= 4 is 6.01 Å². The van der Waals surface area contributed by atoms with Crippen LogP contribution in [0.25, 0.3) is 0 Å². The van der Waals surface area contributed by atoms with Crippen LogP contribution in [0, 0.1) is 0 Å². The Morgan fingerprint density at radius 2 is 2.18 bits per heavy atom. The molecule has 0 aromatic carbocycles. The fourth-order valence-electron chi connectivity index (χ4n) is 2.74. The molecule has 17 heavy (non-hydrogen) atoms. The molecule has 0 radical (unpaired) electrons. The number of piperidine rings is 1. The maximum Gasteiger partial charge on any atom is 0.295 e. The minimum absolute atomic E-state index is 0.577. The van der Waals surface area contributed by atoms with Gasteiger partial charge >= 0.3 is 0 Å². The Hall–Kier alpha value is -1.03. The summed E-state index contributed by atoms with van der Waals surface area (Å²) >= 11 is 0.